The summed E-state index contributed by atoms with van der Waals surface area (Å²) in [6.07, 6.45) is 2.67. The number of rotatable bonds is 9. The van der Waals surface area contributed by atoms with Crippen LogP contribution in [0.4, 0.5) is 0 Å². The van der Waals surface area contributed by atoms with Crippen LogP contribution in [-0.2, 0) is 11.3 Å². The fourth-order valence-electron chi connectivity index (χ4n) is 3.35. The van der Waals surface area contributed by atoms with Crippen molar-refractivity contribution >= 4 is 34.8 Å². The minimum absolute atomic E-state index is 0.00944. The number of aromatic amines is 1. The zero-order valence-electron chi connectivity index (χ0n) is 17.4. The van der Waals surface area contributed by atoms with Crippen LogP contribution in [0.15, 0.2) is 22.6 Å². The average molecular weight is 537 g/mol. The summed E-state index contributed by atoms with van der Waals surface area (Å²) in [7, 11) is 0. The number of nitrogens with zero attached hydrogens (tertiary/aromatic N) is 1. The van der Waals surface area contributed by atoms with Gasteiger partial charge in [-0.05, 0) is 45.3 Å². The van der Waals surface area contributed by atoms with Gasteiger partial charge in [-0.2, -0.15) is 0 Å². The number of alkyl halides is 1. The van der Waals surface area contributed by atoms with Gasteiger partial charge in [0.25, 0.3) is 5.56 Å². The van der Waals surface area contributed by atoms with Crippen molar-refractivity contribution in [2.45, 2.75) is 81.5 Å². The zero-order valence-corrected chi connectivity index (χ0v) is 20.4. The van der Waals surface area contributed by atoms with E-state index in [1.807, 2.05) is 19.9 Å². The van der Waals surface area contributed by atoms with E-state index in [-0.39, 0.29) is 13.8 Å². The number of aromatic nitrogens is 2. The monoisotopic (exact) mass is 537 g/mol. The van der Waals surface area contributed by atoms with Crippen LogP contribution < -0.4 is 10.9 Å². The highest BCUT2D eigenvalue weighted by molar-refractivity contribution is 14.1. The van der Waals surface area contributed by atoms with Crippen LogP contribution in [0.5, 0.6) is 0 Å². The average Bonchev–Trinajstić information content (AvgIpc) is 2.94. The SMILES string of the molecule is CCC(I)(CC)C[C@H]1OC(n2cc(CNCC=C(C)C)c(=O)[nH]c2=S)[C@H](O)[C@@H]1O. The van der Waals surface area contributed by atoms with Gasteiger partial charge in [0.15, 0.2) is 11.0 Å². The minimum Gasteiger partial charge on any atom is -0.388 e. The van der Waals surface area contributed by atoms with E-state index < -0.39 is 24.5 Å². The molecule has 7 nitrogen and oxygen atoms in total. The highest BCUT2D eigenvalue weighted by Crippen LogP contribution is 2.39. The Morgan fingerprint density at radius 1 is 1.38 bits per heavy atom. The standard InChI is InChI=1S/C20H32IN3O4S/c1-5-20(21,6-2)9-14-15(25)16(26)18(28-14)24-11-13(17(27)23-19(24)29)10-22-8-7-12(3)4/h7,11,14-16,18,22,25-26H,5-6,8-10H2,1-4H3,(H,23,27,29)/t14-,15-,16-,18?/m1/s1. The summed E-state index contributed by atoms with van der Waals surface area (Å²) < 4.78 is 7.73. The van der Waals surface area contributed by atoms with Gasteiger partial charge in [0, 0.05) is 28.3 Å². The first-order chi connectivity index (χ1) is 13.6. The second-order valence-electron chi connectivity index (χ2n) is 7.84. The van der Waals surface area contributed by atoms with Gasteiger partial charge in [0.1, 0.15) is 12.2 Å². The molecule has 0 amide bonds. The lowest BCUT2D eigenvalue weighted by molar-refractivity contribution is -0.0431. The van der Waals surface area contributed by atoms with Crippen molar-refractivity contribution in [1.82, 2.24) is 14.9 Å². The van der Waals surface area contributed by atoms with Crippen molar-refractivity contribution < 1.29 is 14.9 Å². The van der Waals surface area contributed by atoms with Gasteiger partial charge in [0.05, 0.1) is 6.10 Å². The van der Waals surface area contributed by atoms with Gasteiger partial charge in [0.2, 0.25) is 0 Å². The van der Waals surface area contributed by atoms with Crippen LogP contribution in [0.2, 0.25) is 0 Å². The molecule has 0 aliphatic carbocycles. The molecule has 1 aliphatic rings. The van der Waals surface area contributed by atoms with E-state index in [1.54, 1.807) is 6.20 Å². The van der Waals surface area contributed by atoms with E-state index in [1.165, 1.54) is 10.1 Å². The predicted molar refractivity (Wildman–Crippen MR) is 125 cm³/mol. The van der Waals surface area contributed by atoms with Crippen molar-refractivity contribution in [3.05, 3.63) is 38.5 Å². The largest absolute Gasteiger partial charge is 0.388 e. The number of ether oxygens (including phenoxy) is 1. The number of aliphatic hydroxyl groups is 2. The van der Waals surface area contributed by atoms with Crippen molar-refractivity contribution in [2.75, 3.05) is 6.54 Å². The number of halogens is 1. The molecule has 1 unspecified atom stereocenters. The predicted octanol–water partition coefficient (Wildman–Crippen LogP) is 2.96. The Balaban J connectivity index is 2.22. The smallest absolute Gasteiger partial charge is 0.256 e. The van der Waals surface area contributed by atoms with Crippen molar-refractivity contribution in [3.63, 3.8) is 0 Å². The third kappa shape index (κ3) is 6.20. The second-order valence-corrected chi connectivity index (χ2v) is 10.5. The van der Waals surface area contributed by atoms with E-state index in [0.29, 0.717) is 25.1 Å². The van der Waals surface area contributed by atoms with Gasteiger partial charge >= 0.3 is 0 Å². The lowest BCUT2D eigenvalue weighted by Gasteiger charge is -2.28. The summed E-state index contributed by atoms with van der Waals surface area (Å²) in [5.74, 6) is 0. The fraction of sp³-hybridized carbons (Fsp3) is 0.700. The highest BCUT2D eigenvalue weighted by Gasteiger charge is 2.46. The molecule has 29 heavy (non-hydrogen) atoms. The number of nitrogens with one attached hydrogen (secondary N) is 2. The van der Waals surface area contributed by atoms with Crippen LogP contribution in [0.3, 0.4) is 0 Å². The third-order valence-electron chi connectivity index (χ3n) is 5.46. The molecule has 1 aromatic rings. The molecule has 164 valence electrons. The van der Waals surface area contributed by atoms with E-state index in [9.17, 15) is 15.0 Å². The minimum atomic E-state index is -1.13. The Labute approximate surface area is 190 Å². The van der Waals surface area contributed by atoms with Gasteiger partial charge in [-0.1, -0.05) is 48.1 Å². The number of allylic oxidation sites excluding steroid dienone is 1. The Morgan fingerprint density at radius 2 is 2.03 bits per heavy atom. The van der Waals surface area contributed by atoms with Gasteiger partial charge < -0.3 is 20.3 Å². The molecule has 0 aromatic carbocycles. The van der Waals surface area contributed by atoms with Crippen molar-refractivity contribution in [2.24, 2.45) is 0 Å². The maximum absolute atomic E-state index is 12.3. The zero-order chi connectivity index (χ0) is 21.8. The van der Waals surface area contributed by atoms with E-state index >= 15 is 0 Å². The highest BCUT2D eigenvalue weighted by atomic mass is 127. The molecule has 1 fully saturated rings. The van der Waals surface area contributed by atoms with Gasteiger partial charge in [-0.25, -0.2) is 0 Å². The van der Waals surface area contributed by atoms with E-state index in [0.717, 1.165) is 12.8 Å². The lowest BCUT2D eigenvalue weighted by Crippen LogP contribution is -2.36. The van der Waals surface area contributed by atoms with E-state index in [4.69, 9.17) is 17.0 Å². The molecule has 1 aromatic heterocycles. The number of H-pyrrole nitrogens is 1. The first-order valence-electron chi connectivity index (χ1n) is 10.0. The van der Waals surface area contributed by atoms with Crippen LogP contribution in [-0.4, -0.2) is 48.0 Å². The summed E-state index contributed by atoms with van der Waals surface area (Å²) >= 11 is 7.70. The van der Waals surface area contributed by atoms with E-state index in [2.05, 4.69) is 46.7 Å². The summed E-state index contributed by atoms with van der Waals surface area (Å²) in [6, 6.07) is 0. The molecular formula is C20H32IN3O4S. The van der Waals surface area contributed by atoms with Crippen molar-refractivity contribution in [3.8, 4) is 0 Å². The summed E-state index contributed by atoms with van der Waals surface area (Å²) in [5, 5.41) is 24.4. The molecule has 4 N–H and O–H groups in total. The Hall–Kier alpha value is -0.590. The number of aliphatic hydroxyl groups excluding tert-OH is 2. The van der Waals surface area contributed by atoms with Crippen molar-refractivity contribution in [1.29, 1.82) is 0 Å². The first-order valence-corrected chi connectivity index (χ1v) is 11.5. The molecule has 0 radical (unpaired) electrons. The summed E-state index contributed by atoms with van der Waals surface area (Å²) in [6.45, 7) is 9.24. The maximum atomic E-state index is 12.3. The maximum Gasteiger partial charge on any atom is 0.256 e. The molecule has 0 spiro atoms. The first kappa shape index (κ1) is 24.7. The topological polar surface area (TPSA) is 99.5 Å². The molecule has 1 saturated heterocycles. The Kier molecular flexibility index (Phi) is 9.05. The van der Waals surface area contributed by atoms with Crippen LogP contribution in [0.25, 0.3) is 0 Å². The molecule has 2 heterocycles. The fourth-order valence-corrected chi connectivity index (χ4v) is 4.04. The normalized spacial score (nSPS) is 24.7. The molecule has 9 heteroatoms. The van der Waals surface area contributed by atoms with Crippen LogP contribution in [0, 0.1) is 4.77 Å². The third-order valence-corrected chi connectivity index (χ3v) is 7.74. The Morgan fingerprint density at radius 3 is 2.62 bits per heavy atom. The lowest BCUT2D eigenvalue weighted by atomic mass is 9.93. The van der Waals surface area contributed by atoms with Crippen LogP contribution in [0.1, 0.15) is 58.7 Å². The molecule has 4 atom stereocenters. The molecular weight excluding hydrogens is 505 g/mol. The Bertz CT molecular complexity index is 830. The summed E-state index contributed by atoms with van der Waals surface area (Å²) in [4.78, 5) is 14.9. The number of hydrogen-bond acceptors (Lipinski definition) is 6. The van der Waals surface area contributed by atoms with Gasteiger partial charge in [-0.3, -0.25) is 14.3 Å². The second kappa shape index (κ2) is 10.6. The molecule has 0 saturated carbocycles. The quantitative estimate of drug-likeness (QED) is 0.127. The summed E-state index contributed by atoms with van der Waals surface area (Å²) in [5.41, 5.74) is 1.40. The van der Waals surface area contributed by atoms with Gasteiger partial charge in [-0.15, -0.1) is 0 Å². The van der Waals surface area contributed by atoms with Crippen LogP contribution >= 0.6 is 34.8 Å². The number of hydrogen-bond donors (Lipinski definition) is 4. The molecule has 2 rings (SSSR count). The molecule has 0 bridgehead atoms. The molecule has 1 aliphatic heterocycles.